The number of phenols is 1. The standard InChI is InChI=1S/C17H23NO.ClH/c1-18-10-9-17-8-3-2-6-13(17)14(18)11-12-5-4-7-15(19)16(12)17;/h4-5,7,13-14,19H,2-3,6,8-11H2,1H3;1H/t13-,14+,17+;/m0./s1. The first-order valence-electron chi connectivity index (χ1n) is 7.74. The number of rotatable bonds is 0. The van der Waals surface area contributed by atoms with Gasteiger partial charge < -0.3 is 10.0 Å². The van der Waals surface area contributed by atoms with Gasteiger partial charge in [0.25, 0.3) is 0 Å². The maximum absolute atomic E-state index is 10.5. The first-order chi connectivity index (χ1) is 9.22. The average molecular weight is 294 g/mol. The van der Waals surface area contributed by atoms with E-state index in [0.717, 1.165) is 12.3 Å². The molecule has 3 aliphatic rings. The molecule has 0 unspecified atom stereocenters. The van der Waals surface area contributed by atoms with Gasteiger partial charge in [-0.1, -0.05) is 25.0 Å². The summed E-state index contributed by atoms with van der Waals surface area (Å²) in [6.45, 7) is 1.19. The van der Waals surface area contributed by atoms with Crippen molar-refractivity contribution < 1.29 is 5.11 Å². The van der Waals surface area contributed by atoms with E-state index >= 15 is 0 Å². The van der Waals surface area contributed by atoms with Crippen LogP contribution in [0.1, 0.15) is 43.2 Å². The molecule has 20 heavy (non-hydrogen) atoms. The highest BCUT2D eigenvalue weighted by Gasteiger charge is 2.53. The molecule has 4 rings (SSSR count). The van der Waals surface area contributed by atoms with Gasteiger partial charge in [-0.3, -0.25) is 0 Å². The summed E-state index contributed by atoms with van der Waals surface area (Å²) in [6.07, 6.45) is 7.71. The third kappa shape index (κ3) is 1.74. The smallest absolute Gasteiger partial charge is 0.119 e. The highest BCUT2D eigenvalue weighted by molar-refractivity contribution is 5.85. The summed E-state index contributed by atoms with van der Waals surface area (Å²) in [7, 11) is 2.29. The van der Waals surface area contributed by atoms with Gasteiger partial charge in [-0.2, -0.15) is 0 Å². The molecule has 1 saturated carbocycles. The fourth-order valence-corrected chi connectivity index (χ4v) is 5.28. The van der Waals surface area contributed by atoms with Crippen LogP contribution < -0.4 is 0 Å². The summed E-state index contributed by atoms with van der Waals surface area (Å²) in [5.41, 5.74) is 3.02. The first-order valence-corrected chi connectivity index (χ1v) is 7.74. The van der Waals surface area contributed by atoms with Crippen molar-refractivity contribution in [2.75, 3.05) is 13.6 Å². The monoisotopic (exact) mass is 293 g/mol. The molecule has 1 saturated heterocycles. The number of likely N-dealkylation sites (N-methyl/N-ethyl adjacent to an activating group) is 1. The van der Waals surface area contributed by atoms with E-state index in [9.17, 15) is 5.11 Å². The summed E-state index contributed by atoms with van der Waals surface area (Å²) >= 11 is 0. The second-order valence-corrected chi connectivity index (χ2v) is 6.82. The van der Waals surface area contributed by atoms with Crippen LogP contribution in [0.15, 0.2) is 18.2 Å². The van der Waals surface area contributed by atoms with Gasteiger partial charge >= 0.3 is 0 Å². The van der Waals surface area contributed by atoms with E-state index in [2.05, 4.69) is 18.0 Å². The van der Waals surface area contributed by atoms with Gasteiger partial charge in [-0.25, -0.2) is 0 Å². The molecule has 0 aromatic heterocycles. The van der Waals surface area contributed by atoms with Gasteiger partial charge in [0.2, 0.25) is 0 Å². The van der Waals surface area contributed by atoms with Crippen LogP contribution >= 0.6 is 12.4 Å². The maximum Gasteiger partial charge on any atom is 0.119 e. The van der Waals surface area contributed by atoms with Crippen molar-refractivity contribution in [3.05, 3.63) is 29.3 Å². The number of fused-ring (bicyclic) bond motifs is 1. The minimum atomic E-state index is 0. The zero-order valence-electron chi connectivity index (χ0n) is 12.1. The molecule has 2 fully saturated rings. The number of halogens is 1. The molecule has 0 spiro atoms. The molecule has 1 heterocycles. The Labute approximate surface area is 127 Å². The van der Waals surface area contributed by atoms with Crippen LogP contribution in [0.3, 0.4) is 0 Å². The lowest BCUT2D eigenvalue weighted by molar-refractivity contribution is 0.00152. The van der Waals surface area contributed by atoms with E-state index in [-0.39, 0.29) is 17.8 Å². The molecule has 1 aliphatic heterocycles. The molecular weight excluding hydrogens is 270 g/mol. The van der Waals surface area contributed by atoms with Crippen molar-refractivity contribution >= 4 is 12.4 Å². The number of nitrogens with zero attached hydrogens (tertiary/aromatic N) is 1. The molecule has 3 heteroatoms. The topological polar surface area (TPSA) is 23.5 Å². The zero-order valence-corrected chi connectivity index (χ0v) is 13.0. The number of hydrogen-bond acceptors (Lipinski definition) is 2. The van der Waals surface area contributed by atoms with Crippen LogP contribution in [0, 0.1) is 5.92 Å². The van der Waals surface area contributed by atoms with Gasteiger partial charge in [-0.15, -0.1) is 12.4 Å². The quantitative estimate of drug-likeness (QED) is 0.791. The van der Waals surface area contributed by atoms with Crippen LogP contribution in [-0.2, 0) is 11.8 Å². The maximum atomic E-state index is 10.5. The first kappa shape index (κ1) is 14.2. The fourth-order valence-electron chi connectivity index (χ4n) is 5.28. The van der Waals surface area contributed by atoms with Crippen LogP contribution in [-0.4, -0.2) is 29.6 Å². The Hall–Kier alpha value is -0.730. The van der Waals surface area contributed by atoms with E-state index in [0.29, 0.717) is 11.8 Å². The minimum absolute atomic E-state index is 0. The van der Waals surface area contributed by atoms with Crippen molar-refractivity contribution in [1.29, 1.82) is 0 Å². The van der Waals surface area contributed by atoms with Crippen molar-refractivity contribution in [2.24, 2.45) is 5.92 Å². The van der Waals surface area contributed by atoms with Gasteiger partial charge in [-0.05, 0) is 56.8 Å². The van der Waals surface area contributed by atoms with E-state index in [1.54, 1.807) is 0 Å². The van der Waals surface area contributed by atoms with Gasteiger partial charge in [0.05, 0.1) is 0 Å². The lowest BCUT2D eigenvalue weighted by Gasteiger charge is -2.58. The Balaban J connectivity index is 0.00000121. The molecule has 2 bridgehead atoms. The van der Waals surface area contributed by atoms with E-state index in [1.165, 1.54) is 49.8 Å². The predicted octanol–water partition coefficient (Wildman–Crippen LogP) is 3.50. The Kier molecular flexibility index (Phi) is 3.50. The molecule has 1 aromatic carbocycles. The largest absolute Gasteiger partial charge is 0.508 e. The van der Waals surface area contributed by atoms with Crippen LogP contribution in [0.4, 0.5) is 0 Å². The van der Waals surface area contributed by atoms with Crippen molar-refractivity contribution in [3.8, 4) is 5.75 Å². The van der Waals surface area contributed by atoms with Gasteiger partial charge in [0.15, 0.2) is 0 Å². The number of aromatic hydroxyl groups is 1. The highest BCUT2D eigenvalue weighted by Crippen LogP contribution is 2.57. The van der Waals surface area contributed by atoms with Gasteiger partial charge in [0, 0.05) is 17.0 Å². The second-order valence-electron chi connectivity index (χ2n) is 6.82. The van der Waals surface area contributed by atoms with Crippen molar-refractivity contribution in [1.82, 2.24) is 4.90 Å². The Morgan fingerprint density at radius 2 is 2.10 bits per heavy atom. The Morgan fingerprint density at radius 1 is 1.25 bits per heavy atom. The van der Waals surface area contributed by atoms with Crippen LogP contribution in [0.25, 0.3) is 0 Å². The highest BCUT2D eigenvalue weighted by atomic mass is 35.5. The van der Waals surface area contributed by atoms with Crippen molar-refractivity contribution in [3.63, 3.8) is 0 Å². The number of phenolic OH excluding ortho intramolecular Hbond substituents is 1. The van der Waals surface area contributed by atoms with Crippen molar-refractivity contribution in [2.45, 2.75) is 50.0 Å². The summed E-state index contributed by atoms with van der Waals surface area (Å²) in [5, 5.41) is 10.5. The van der Waals surface area contributed by atoms with Gasteiger partial charge in [0.1, 0.15) is 5.75 Å². The lowest BCUT2D eigenvalue weighted by atomic mass is 9.52. The second kappa shape index (κ2) is 4.92. The number of hydrogen-bond donors (Lipinski definition) is 1. The average Bonchev–Trinajstić information content (AvgIpc) is 2.43. The normalized spacial score (nSPS) is 35.6. The molecule has 110 valence electrons. The molecular formula is C17H24ClNO. The Morgan fingerprint density at radius 3 is 2.95 bits per heavy atom. The summed E-state index contributed by atoms with van der Waals surface area (Å²) in [5.74, 6) is 1.33. The molecule has 3 atom stereocenters. The molecule has 1 aromatic rings. The number of likely N-dealkylation sites (tertiary alicyclic amines) is 1. The zero-order chi connectivity index (χ0) is 13.0. The van der Waals surface area contributed by atoms with Crippen LogP contribution in [0.2, 0.25) is 0 Å². The number of benzene rings is 1. The third-order valence-electron chi connectivity index (χ3n) is 6.09. The molecule has 2 nitrogen and oxygen atoms in total. The SMILES string of the molecule is CN1CC[C@]23CCCC[C@H]2[C@H]1Cc1cccc(O)c13.Cl. The van der Waals surface area contributed by atoms with E-state index in [4.69, 9.17) is 0 Å². The van der Waals surface area contributed by atoms with E-state index in [1.807, 2.05) is 12.1 Å². The molecule has 1 N–H and O–H groups in total. The van der Waals surface area contributed by atoms with E-state index < -0.39 is 0 Å². The third-order valence-corrected chi connectivity index (χ3v) is 6.09. The summed E-state index contributed by atoms with van der Waals surface area (Å²) in [4.78, 5) is 2.57. The lowest BCUT2D eigenvalue weighted by Crippen LogP contribution is -2.59. The predicted molar refractivity (Wildman–Crippen MR) is 83.7 cm³/mol. The summed E-state index contributed by atoms with van der Waals surface area (Å²) < 4.78 is 0. The van der Waals surface area contributed by atoms with Crippen LogP contribution in [0.5, 0.6) is 5.75 Å². The molecule has 2 aliphatic carbocycles. The fraction of sp³-hybridized carbons (Fsp3) is 0.647. The number of piperidine rings is 1. The molecule has 0 amide bonds. The minimum Gasteiger partial charge on any atom is -0.508 e. The molecule has 0 radical (unpaired) electrons. The Bertz CT molecular complexity index is 518. The summed E-state index contributed by atoms with van der Waals surface area (Å²) in [6, 6.07) is 6.86.